The van der Waals surface area contributed by atoms with Gasteiger partial charge < -0.3 is 18.9 Å². The Morgan fingerprint density at radius 3 is 2.71 bits per heavy atom. The van der Waals surface area contributed by atoms with Gasteiger partial charge in [-0.3, -0.25) is 14.6 Å². The molecule has 1 fully saturated rings. The minimum atomic E-state index is -0.117. The molecule has 0 amide bonds. The van der Waals surface area contributed by atoms with Crippen LogP contribution in [0.15, 0.2) is 42.2 Å². The SMILES string of the molecule is COc1ccccc1C=C1Oc2c(ccc3c2CN(CCN2CCOCC2)CO3)C1=O. The summed E-state index contributed by atoms with van der Waals surface area (Å²) in [7, 11) is 1.61. The molecule has 0 spiro atoms. The molecule has 162 valence electrons. The number of morpholine rings is 1. The summed E-state index contributed by atoms with van der Waals surface area (Å²) < 4.78 is 22.9. The molecule has 0 radical (unpaired) electrons. The fraction of sp³-hybridized carbons (Fsp3) is 0.375. The Balaban J connectivity index is 1.35. The molecule has 0 N–H and O–H groups in total. The number of Topliss-reactive ketones (excluding diaryl/α,β-unsaturated/α-hetero) is 1. The van der Waals surface area contributed by atoms with Crippen LogP contribution >= 0.6 is 0 Å². The standard InChI is InChI=1S/C24H26N2O5/c1-28-20-5-3-2-4-17(20)14-22-23(27)18-6-7-21-19(24(18)31-22)15-26(16-30-21)9-8-25-10-12-29-13-11-25/h2-7,14H,8-13,15-16H2,1H3. The number of fused-ring (bicyclic) bond motifs is 3. The van der Waals surface area contributed by atoms with Gasteiger partial charge in [0.15, 0.2) is 5.76 Å². The maximum Gasteiger partial charge on any atom is 0.231 e. The van der Waals surface area contributed by atoms with Crippen LogP contribution in [0.3, 0.4) is 0 Å². The van der Waals surface area contributed by atoms with Gasteiger partial charge in [0.2, 0.25) is 5.78 Å². The number of rotatable bonds is 5. The molecule has 3 heterocycles. The zero-order valence-corrected chi connectivity index (χ0v) is 17.6. The van der Waals surface area contributed by atoms with Crippen molar-refractivity contribution >= 4 is 11.9 Å². The molecule has 0 saturated carbocycles. The highest BCUT2D eigenvalue weighted by Gasteiger charge is 2.33. The topological polar surface area (TPSA) is 60.5 Å². The van der Waals surface area contributed by atoms with Gasteiger partial charge in [0.05, 0.1) is 31.5 Å². The third-order valence-electron chi connectivity index (χ3n) is 5.94. The molecule has 31 heavy (non-hydrogen) atoms. The van der Waals surface area contributed by atoms with Gasteiger partial charge in [0, 0.05) is 38.3 Å². The van der Waals surface area contributed by atoms with Crippen molar-refractivity contribution in [3.05, 3.63) is 58.8 Å². The molecule has 5 rings (SSSR count). The first-order valence-corrected chi connectivity index (χ1v) is 10.6. The van der Waals surface area contributed by atoms with E-state index in [1.165, 1.54) is 0 Å². The van der Waals surface area contributed by atoms with Crippen LogP contribution in [0.2, 0.25) is 0 Å². The Hall–Kier alpha value is -2.87. The molecule has 0 aromatic heterocycles. The van der Waals surface area contributed by atoms with E-state index in [2.05, 4.69) is 9.80 Å². The van der Waals surface area contributed by atoms with Gasteiger partial charge in [-0.25, -0.2) is 0 Å². The molecular weight excluding hydrogens is 396 g/mol. The maximum absolute atomic E-state index is 13.0. The number of benzene rings is 2. The lowest BCUT2D eigenvalue weighted by atomic mass is 10.0. The Morgan fingerprint density at radius 2 is 1.87 bits per heavy atom. The highest BCUT2D eigenvalue weighted by molar-refractivity contribution is 6.15. The van der Waals surface area contributed by atoms with Gasteiger partial charge >= 0.3 is 0 Å². The lowest BCUT2D eigenvalue weighted by molar-refractivity contribution is 0.0239. The van der Waals surface area contributed by atoms with E-state index in [0.29, 0.717) is 36.1 Å². The second kappa shape index (κ2) is 8.70. The molecule has 3 aliphatic rings. The fourth-order valence-electron chi connectivity index (χ4n) is 4.18. The largest absolute Gasteiger partial charge is 0.496 e. The molecule has 2 aromatic carbocycles. The van der Waals surface area contributed by atoms with Crippen LogP contribution < -0.4 is 14.2 Å². The first-order valence-electron chi connectivity index (χ1n) is 10.6. The first-order chi connectivity index (χ1) is 15.2. The van der Waals surface area contributed by atoms with Gasteiger partial charge in [-0.15, -0.1) is 0 Å². The normalized spacial score (nSPS) is 20.2. The van der Waals surface area contributed by atoms with Crippen molar-refractivity contribution in [3.63, 3.8) is 0 Å². The third-order valence-corrected chi connectivity index (χ3v) is 5.94. The van der Waals surface area contributed by atoms with Crippen LogP contribution in [-0.2, 0) is 11.3 Å². The van der Waals surface area contributed by atoms with Gasteiger partial charge in [-0.1, -0.05) is 18.2 Å². The van der Waals surface area contributed by atoms with Crippen LogP contribution in [0.4, 0.5) is 0 Å². The van der Waals surface area contributed by atoms with Crippen molar-refractivity contribution in [1.29, 1.82) is 0 Å². The minimum Gasteiger partial charge on any atom is -0.496 e. The summed E-state index contributed by atoms with van der Waals surface area (Å²) in [6.45, 7) is 6.61. The van der Waals surface area contributed by atoms with E-state index < -0.39 is 0 Å². The van der Waals surface area contributed by atoms with E-state index in [9.17, 15) is 4.79 Å². The Bertz CT molecular complexity index is 1010. The molecule has 7 nitrogen and oxygen atoms in total. The van der Waals surface area contributed by atoms with Crippen molar-refractivity contribution < 1.29 is 23.7 Å². The lowest BCUT2D eigenvalue weighted by Crippen LogP contribution is -2.43. The number of carbonyl (C=O) groups is 1. The summed E-state index contributed by atoms with van der Waals surface area (Å²) in [5.41, 5.74) is 2.32. The highest BCUT2D eigenvalue weighted by Crippen LogP contribution is 2.42. The molecule has 3 aliphatic heterocycles. The number of carbonyl (C=O) groups excluding carboxylic acids is 1. The number of hydrogen-bond donors (Lipinski definition) is 0. The molecule has 0 unspecified atom stereocenters. The summed E-state index contributed by atoms with van der Waals surface area (Å²) in [5, 5.41) is 0. The average Bonchev–Trinajstić information content (AvgIpc) is 3.14. The van der Waals surface area contributed by atoms with E-state index >= 15 is 0 Å². The fourth-order valence-corrected chi connectivity index (χ4v) is 4.18. The number of allylic oxidation sites excluding steroid dienone is 1. The summed E-state index contributed by atoms with van der Waals surface area (Å²) in [4.78, 5) is 17.6. The number of hydrogen-bond acceptors (Lipinski definition) is 7. The first kappa shape index (κ1) is 20.1. The van der Waals surface area contributed by atoms with Crippen molar-refractivity contribution in [3.8, 4) is 17.2 Å². The molecular formula is C24H26N2O5. The summed E-state index contributed by atoms with van der Waals surface area (Å²) in [6.07, 6.45) is 1.74. The zero-order chi connectivity index (χ0) is 21.2. The predicted molar refractivity (Wildman–Crippen MR) is 116 cm³/mol. The number of methoxy groups -OCH3 is 1. The molecule has 7 heteroatoms. The van der Waals surface area contributed by atoms with Gasteiger partial charge in [-0.2, -0.15) is 0 Å². The predicted octanol–water partition coefficient (Wildman–Crippen LogP) is 2.80. The smallest absolute Gasteiger partial charge is 0.231 e. The van der Waals surface area contributed by atoms with Crippen molar-refractivity contribution in [2.45, 2.75) is 6.54 Å². The zero-order valence-electron chi connectivity index (χ0n) is 17.6. The Labute approximate surface area is 181 Å². The van der Waals surface area contributed by atoms with E-state index in [1.54, 1.807) is 19.3 Å². The molecule has 2 aromatic rings. The maximum atomic E-state index is 13.0. The van der Waals surface area contributed by atoms with Gasteiger partial charge in [-0.05, 0) is 24.3 Å². The number of ether oxygens (including phenoxy) is 4. The second-order valence-electron chi connectivity index (χ2n) is 7.88. The summed E-state index contributed by atoms with van der Waals surface area (Å²) in [5.74, 6) is 2.28. The summed E-state index contributed by atoms with van der Waals surface area (Å²) >= 11 is 0. The average molecular weight is 422 g/mol. The van der Waals surface area contributed by atoms with Crippen LogP contribution in [-0.4, -0.2) is 68.8 Å². The molecule has 1 saturated heterocycles. The van der Waals surface area contributed by atoms with E-state index in [-0.39, 0.29) is 5.78 Å². The molecule has 0 aliphatic carbocycles. The third kappa shape index (κ3) is 4.04. The minimum absolute atomic E-state index is 0.117. The second-order valence-corrected chi connectivity index (χ2v) is 7.88. The molecule has 0 atom stereocenters. The Morgan fingerprint density at radius 1 is 1.06 bits per heavy atom. The highest BCUT2D eigenvalue weighted by atomic mass is 16.5. The lowest BCUT2D eigenvalue weighted by Gasteiger charge is -2.33. The van der Waals surface area contributed by atoms with Crippen LogP contribution in [0.25, 0.3) is 6.08 Å². The quantitative estimate of drug-likeness (QED) is 0.687. The van der Waals surface area contributed by atoms with E-state index in [4.69, 9.17) is 18.9 Å². The van der Waals surface area contributed by atoms with Crippen LogP contribution in [0.1, 0.15) is 21.5 Å². The van der Waals surface area contributed by atoms with Gasteiger partial charge in [0.1, 0.15) is 24.0 Å². The summed E-state index contributed by atoms with van der Waals surface area (Å²) in [6, 6.07) is 11.2. The van der Waals surface area contributed by atoms with Crippen molar-refractivity contribution in [2.24, 2.45) is 0 Å². The van der Waals surface area contributed by atoms with Crippen molar-refractivity contribution in [1.82, 2.24) is 9.80 Å². The molecule has 0 bridgehead atoms. The van der Waals surface area contributed by atoms with Crippen LogP contribution in [0.5, 0.6) is 17.2 Å². The van der Waals surface area contributed by atoms with E-state index in [1.807, 2.05) is 30.3 Å². The van der Waals surface area contributed by atoms with Crippen molar-refractivity contribution in [2.75, 3.05) is 53.2 Å². The number of para-hydroxylation sites is 1. The van der Waals surface area contributed by atoms with E-state index in [0.717, 1.165) is 56.3 Å². The number of ketones is 1. The Kier molecular flexibility index (Phi) is 5.63. The van der Waals surface area contributed by atoms with Crippen LogP contribution in [0, 0.1) is 0 Å². The monoisotopic (exact) mass is 422 g/mol. The van der Waals surface area contributed by atoms with Gasteiger partial charge in [0.25, 0.3) is 0 Å². The number of nitrogens with zero attached hydrogens (tertiary/aromatic N) is 2.